The van der Waals surface area contributed by atoms with Crippen LogP contribution < -0.4 is 14.5 Å². The molecule has 148 valence electrons. The van der Waals surface area contributed by atoms with Crippen LogP contribution >= 0.6 is 0 Å². The zero-order valence-electron chi connectivity index (χ0n) is 16.1. The minimum absolute atomic E-state index is 0.341. The zero-order valence-corrected chi connectivity index (χ0v) is 16.1. The van der Waals surface area contributed by atoms with Crippen molar-refractivity contribution in [1.29, 1.82) is 0 Å². The number of fused-ring (bicyclic) bond motifs is 3. The molecule has 6 rings (SSSR count). The minimum atomic E-state index is -0.397. The molecule has 0 aliphatic carbocycles. The van der Waals surface area contributed by atoms with Crippen molar-refractivity contribution in [3.05, 3.63) is 96.6 Å². The second kappa shape index (κ2) is 6.50. The summed E-state index contributed by atoms with van der Waals surface area (Å²) in [4.78, 5) is 37.0. The van der Waals surface area contributed by atoms with Gasteiger partial charge >= 0.3 is 0 Å². The first-order valence-corrected chi connectivity index (χ1v) is 9.66. The van der Waals surface area contributed by atoms with Gasteiger partial charge in [-0.25, -0.2) is 14.9 Å². The summed E-state index contributed by atoms with van der Waals surface area (Å²) in [6.45, 7) is 0. The molecule has 0 saturated carbocycles. The number of anilines is 4. The van der Waals surface area contributed by atoms with Crippen LogP contribution in [0.3, 0.4) is 0 Å². The highest BCUT2D eigenvalue weighted by Gasteiger charge is 2.38. The molecule has 3 heterocycles. The van der Waals surface area contributed by atoms with Crippen molar-refractivity contribution >= 4 is 34.6 Å². The fraction of sp³-hybridized carbons (Fsp3) is 0. The molecule has 0 fully saturated rings. The van der Waals surface area contributed by atoms with E-state index in [1.54, 1.807) is 12.1 Å². The molecule has 0 saturated heterocycles. The van der Waals surface area contributed by atoms with E-state index >= 15 is 0 Å². The van der Waals surface area contributed by atoms with Crippen molar-refractivity contribution in [3.8, 4) is 11.5 Å². The Labute approximate surface area is 177 Å². The van der Waals surface area contributed by atoms with Crippen LogP contribution in [0.25, 0.3) is 0 Å². The minimum Gasteiger partial charge on any atom is -0.453 e. The molecule has 2 amide bonds. The number of hydrogen-bond acceptors (Lipinski definition) is 6. The molecule has 4 aromatic rings. The number of carbonyl (C=O) groups is 2. The van der Waals surface area contributed by atoms with Crippen LogP contribution in [-0.4, -0.2) is 21.8 Å². The van der Waals surface area contributed by atoms with E-state index in [0.717, 1.165) is 22.0 Å². The maximum Gasteiger partial charge on any atom is 0.266 e. The summed E-state index contributed by atoms with van der Waals surface area (Å²) in [7, 11) is 0. The van der Waals surface area contributed by atoms with Crippen molar-refractivity contribution in [3.63, 3.8) is 0 Å². The van der Waals surface area contributed by atoms with Crippen molar-refractivity contribution < 1.29 is 14.3 Å². The summed E-state index contributed by atoms with van der Waals surface area (Å²) < 4.78 is 6.05. The second-order valence-electron chi connectivity index (χ2n) is 7.15. The fourth-order valence-electron chi connectivity index (χ4n) is 3.99. The van der Waals surface area contributed by atoms with Gasteiger partial charge in [0, 0.05) is 5.69 Å². The van der Waals surface area contributed by atoms with E-state index in [1.807, 2.05) is 59.5 Å². The molecule has 0 radical (unpaired) electrons. The third kappa shape index (κ3) is 2.53. The van der Waals surface area contributed by atoms with E-state index in [4.69, 9.17) is 4.74 Å². The Hall–Kier alpha value is -4.52. The van der Waals surface area contributed by atoms with Gasteiger partial charge in [0.1, 0.15) is 6.33 Å². The SMILES string of the molecule is O=C1c2ccc(N3c4ccccc4Oc4ccccc43)cc2C(=O)N1c1cncnc1. The van der Waals surface area contributed by atoms with Gasteiger partial charge in [0.15, 0.2) is 11.5 Å². The average Bonchev–Trinajstić information content (AvgIpc) is 3.07. The van der Waals surface area contributed by atoms with E-state index in [1.165, 1.54) is 18.7 Å². The molecule has 0 N–H and O–H groups in total. The first-order chi connectivity index (χ1) is 15.2. The number of para-hydroxylation sites is 4. The van der Waals surface area contributed by atoms with Crippen LogP contribution in [0.2, 0.25) is 0 Å². The summed E-state index contributed by atoms with van der Waals surface area (Å²) in [5.74, 6) is 0.648. The van der Waals surface area contributed by atoms with Crippen molar-refractivity contribution in [2.24, 2.45) is 0 Å². The monoisotopic (exact) mass is 406 g/mol. The molecule has 0 unspecified atom stereocenters. The maximum atomic E-state index is 13.1. The van der Waals surface area contributed by atoms with Crippen LogP contribution in [0.1, 0.15) is 20.7 Å². The molecule has 0 spiro atoms. The van der Waals surface area contributed by atoms with E-state index in [2.05, 4.69) is 9.97 Å². The fourth-order valence-corrected chi connectivity index (χ4v) is 3.99. The first kappa shape index (κ1) is 17.3. The molecule has 31 heavy (non-hydrogen) atoms. The van der Waals surface area contributed by atoms with E-state index in [9.17, 15) is 9.59 Å². The summed E-state index contributed by atoms with van der Waals surface area (Å²) in [6, 6.07) is 20.7. The average molecular weight is 406 g/mol. The summed E-state index contributed by atoms with van der Waals surface area (Å²) in [5.41, 5.74) is 3.50. The largest absolute Gasteiger partial charge is 0.453 e. The Morgan fingerprint density at radius 1 is 0.645 bits per heavy atom. The molecule has 0 bridgehead atoms. The van der Waals surface area contributed by atoms with Gasteiger partial charge in [0.2, 0.25) is 0 Å². The standard InChI is InChI=1S/C24H14N4O3/c29-23-17-10-9-15(11-18(17)24(30)28(23)16-12-25-14-26-13-16)27-19-5-1-3-7-21(19)31-22-8-4-2-6-20(22)27/h1-14H. The van der Waals surface area contributed by atoms with Crippen molar-refractivity contribution in [2.75, 3.05) is 9.80 Å². The predicted molar refractivity (Wildman–Crippen MR) is 114 cm³/mol. The Kier molecular flexibility index (Phi) is 3.64. The van der Waals surface area contributed by atoms with Crippen molar-refractivity contribution in [2.45, 2.75) is 0 Å². The lowest BCUT2D eigenvalue weighted by molar-refractivity contribution is 0.0926. The molecular weight excluding hydrogens is 392 g/mol. The van der Waals surface area contributed by atoms with Gasteiger partial charge < -0.3 is 9.64 Å². The number of imide groups is 1. The number of aromatic nitrogens is 2. The summed E-state index contributed by atoms with van der Waals surface area (Å²) >= 11 is 0. The van der Waals surface area contributed by atoms with Gasteiger partial charge in [0.25, 0.3) is 11.8 Å². The molecule has 0 atom stereocenters. The van der Waals surface area contributed by atoms with Gasteiger partial charge in [-0.3, -0.25) is 9.59 Å². The van der Waals surface area contributed by atoms with E-state index < -0.39 is 5.91 Å². The molecule has 2 aliphatic heterocycles. The first-order valence-electron chi connectivity index (χ1n) is 9.66. The number of carbonyl (C=O) groups excluding carboxylic acids is 2. The lowest BCUT2D eigenvalue weighted by atomic mass is 10.1. The topological polar surface area (TPSA) is 75.6 Å². The van der Waals surface area contributed by atoms with Crippen LogP contribution in [0.5, 0.6) is 11.5 Å². The quantitative estimate of drug-likeness (QED) is 0.390. The molecular formula is C24H14N4O3. The third-order valence-corrected chi connectivity index (χ3v) is 5.37. The van der Waals surface area contributed by atoms with Crippen LogP contribution in [0.4, 0.5) is 22.7 Å². The summed E-state index contributed by atoms with van der Waals surface area (Å²) in [6.07, 6.45) is 4.25. The lowest BCUT2D eigenvalue weighted by Crippen LogP contribution is -2.29. The number of ether oxygens (including phenoxy) is 1. The van der Waals surface area contributed by atoms with Gasteiger partial charge in [-0.15, -0.1) is 0 Å². The van der Waals surface area contributed by atoms with Gasteiger partial charge in [-0.1, -0.05) is 24.3 Å². The van der Waals surface area contributed by atoms with E-state index in [-0.39, 0.29) is 5.91 Å². The molecule has 7 heteroatoms. The highest BCUT2D eigenvalue weighted by Crippen LogP contribution is 2.50. The highest BCUT2D eigenvalue weighted by atomic mass is 16.5. The number of rotatable bonds is 2. The second-order valence-corrected chi connectivity index (χ2v) is 7.15. The maximum absolute atomic E-state index is 13.1. The molecule has 3 aromatic carbocycles. The zero-order chi connectivity index (χ0) is 20.9. The number of nitrogens with zero attached hydrogens (tertiary/aromatic N) is 4. The number of hydrogen-bond donors (Lipinski definition) is 0. The normalized spacial score (nSPS) is 14.1. The Bertz CT molecular complexity index is 1320. The number of amides is 2. The van der Waals surface area contributed by atoms with Crippen LogP contribution in [0.15, 0.2) is 85.5 Å². The lowest BCUT2D eigenvalue weighted by Gasteiger charge is -2.32. The van der Waals surface area contributed by atoms with Gasteiger partial charge in [0.05, 0.1) is 40.6 Å². The van der Waals surface area contributed by atoms with Crippen LogP contribution in [-0.2, 0) is 0 Å². The highest BCUT2D eigenvalue weighted by molar-refractivity contribution is 6.34. The smallest absolute Gasteiger partial charge is 0.266 e. The Morgan fingerprint density at radius 2 is 1.26 bits per heavy atom. The molecule has 2 aliphatic rings. The van der Waals surface area contributed by atoms with Gasteiger partial charge in [-0.2, -0.15) is 0 Å². The third-order valence-electron chi connectivity index (χ3n) is 5.37. The molecule has 1 aromatic heterocycles. The van der Waals surface area contributed by atoms with E-state index in [0.29, 0.717) is 28.3 Å². The van der Waals surface area contributed by atoms with Gasteiger partial charge in [-0.05, 0) is 42.5 Å². The Morgan fingerprint density at radius 3 is 1.94 bits per heavy atom. The Balaban J connectivity index is 1.49. The number of benzene rings is 3. The van der Waals surface area contributed by atoms with Crippen molar-refractivity contribution in [1.82, 2.24) is 9.97 Å². The predicted octanol–water partition coefficient (Wildman–Crippen LogP) is 4.85. The summed E-state index contributed by atoms with van der Waals surface area (Å²) in [5, 5.41) is 0. The van der Waals surface area contributed by atoms with Crippen LogP contribution in [0, 0.1) is 0 Å². The molecule has 7 nitrogen and oxygen atoms in total.